The Kier molecular flexibility index (Phi) is 4.54. The van der Waals surface area contributed by atoms with E-state index in [2.05, 4.69) is 4.98 Å². The van der Waals surface area contributed by atoms with Gasteiger partial charge < -0.3 is 0 Å². The number of carbonyl (C=O) groups is 2. The van der Waals surface area contributed by atoms with E-state index < -0.39 is 0 Å². The number of aromatic nitrogens is 1. The highest BCUT2D eigenvalue weighted by Gasteiger charge is 2.39. The first-order valence-corrected chi connectivity index (χ1v) is 9.67. The van der Waals surface area contributed by atoms with E-state index in [1.54, 1.807) is 12.1 Å². The molecule has 4 rings (SSSR count). The van der Waals surface area contributed by atoms with E-state index in [1.807, 2.05) is 62.4 Å². The molecule has 0 N–H and O–H groups in total. The Balaban J connectivity index is 1.72. The van der Waals surface area contributed by atoms with Crippen LogP contribution in [0.15, 0.2) is 65.7 Å². The maximum Gasteiger partial charge on any atom is 0.268 e. The summed E-state index contributed by atoms with van der Waals surface area (Å²) < 4.78 is 0. The lowest BCUT2D eigenvalue weighted by Crippen LogP contribution is -2.29. The van der Waals surface area contributed by atoms with Crippen molar-refractivity contribution in [2.45, 2.75) is 24.6 Å². The molecule has 3 aromatic rings. The van der Waals surface area contributed by atoms with Gasteiger partial charge in [0.1, 0.15) is 5.03 Å². The number of pyridine rings is 1. The van der Waals surface area contributed by atoms with Gasteiger partial charge in [-0.2, -0.15) is 0 Å². The van der Waals surface area contributed by atoms with E-state index in [-0.39, 0.29) is 11.8 Å². The van der Waals surface area contributed by atoms with Gasteiger partial charge in [0.2, 0.25) is 0 Å². The minimum atomic E-state index is -0.302. The smallest absolute Gasteiger partial charge is 0.268 e. The second-order valence-corrected chi connectivity index (χ2v) is 7.51. The summed E-state index contributed by atoms with van der Waals surface area (Å²) >= 11 is 1.49. The summed E-state index contributed by atoms with van der Waals surface area (Å²) in [6, 6.07) is 19.1. The lowest BCUT2D eigenvalue weighted by molar-refractivity contribution is 0.0925. The van der Waals surface area contributed by atoms with Crippen LogP contribution in [0.2, 0.25) is 0 Å². The van der Waals surface area contributed by atoms with Crippen molar-refractivity contribution >= 4 is 29.3 Å². The van der Waals surface area contributed by atoms with Crippen LogP contribution >= 0.6 is 11.8 Å². The van der Waals surface area contributed by atoms with Gasteiger partial charge in [-0.05, 0) is 43.2 Å². The summed E-state index contributed by atoms with van der Waals surface area (Å²) in [6.07, 6.45) is 0. The van der Waals surface area contributed by atoms with Gasteiger partial charge in [-0.25, -0.2) is 9.88 Å². The topological polar surface area (TPSA) is 50.3 Å². The van der Waals surface area contributed by atoms with Crippen molar-refractivity contribution in [3.63, 3.8) is 0 Å². The van der Waals surface area contributed by atoms with Crippen LogP contribution in [0.3, 0.4) is 0 Å². The van der Waals surface area contributed by atoms with Gasteiger partial charge in [-0.3, -0.25) is 9.59 Å². The Morgan fingerprint density at radius 2 is 1.70 bits per heavy atom. The molecule has 27 heavy (non-hydrogen) atoms. The van der Waals surface area contributed by atoms with Crippen molar-refractivity contribution in [2.75, 3.05) is 4.90 Å². The predicted octanol–water partition coefficient (Wildman–Crippen LogP) is 4.79. The molecular formula is C22H18N2O2S. The SMILES string of the molecule is Cc1cccc(N2C(=O)c3cc(C)nc(SCc4ccccc4)c3C2=O)c1. The molecule has 5 heteroatoms. The van der Waals surface area contributed by atoms with Crippen molar-refractivity contribution in [2.24, 2.45) is 0 Å². The molecule has 0 radical (unpaired) electrons. The standard InChI is InChI=1S/C22H18N2O2S/c1-14-7-6-10-17(11-14)24-21(25)18-12-15(2)23-20(19(18)22(24)26)27-13-16-8-4-3-5-9-16/h3-12H,13H2,1-2H3. The minimum absolute atomic E-state index is 0.285. The van der Waals surface area contributed by atoms with Gasteiger partial charge in [0.15, 0.2) is 0 Å². The highest BCUT2D eigenvalue weighted by molar-refractivity contribution is 7.98. The molecule has 0 aliphatic carbocycles. The first kappa shape index (κ1) is 17.5. The van der Waals surface area contributed by atoms with Crippen molar-refractivity contribution in [3.8, 4) is 0 Å². The van der Waals surface area contributed by atoms with E-state index in [1.165, 1.54) is 16.7 Å². The Labute approximate surface area is 162 Å². The summed E-state index contributed by atoms with van der Waals surface area (Å²) in [5, 5.41) is 0.613. The fraction of sp³-hybridized carbons (Fsp3) is 0.136. The molecule has 2 amide bonds. The molecule has 1 aromatic heterocycles. The molecule has 134 valence electrons. The minimum Gasteiger partial charge on any atom is -0.268 e. The second kappa shape index (κ2) is 7.00. The highest BCUT2D eigenvalue weighted by Crippen LogP contribution is 2.35. The van der Waals surface area contributed by atoms with Crippen molar-refractivity contribution in [1.82, 2.24) is 4.98 Å². The number of thioether (sulfide) groups is 1. The number of amides is 2. The van der Waals surface area contributed by atoms with E-state index >= 15 is 0 Å². The molecule has 1 aliphatic heterocycles. The zero-order valence-electron chi connectivity index (χ0n) is 15.1. The lowest BCUT2D eigenvalue weighted by atomic mass is 10.1. The zero-order chi connectivity index (χ0) is 19.0. The highest BCUT2D eigenvalue weighted by atomic mass is 32.2. The summed E-state index contributed by atoms with van der Waals surface area (Å²) in [5.74, 6) is 0.103. The third kappa shape index (κ3) is 3.26. The predicted molar refractivity (Wildman–Crippen MR) is 107 cm³/mol. The number of benzene rings is 2. The second-order valence-electron chi connectivity index (χ2n) is 6.55. The summed E-state index contributed by atoms with van der Waals surface area (Å²) in [6.45, 7) is 3.79. The van der Waals surface area contributed by atoms with E-state index in [0.29, 0.717) is 27.6 Å². The number of rotatable bonds is 4. The Morgan fingerprint density at radius 3 is 2.44 bits per heavy atom. The number of fused-ring (bicyclic) bond motifs is 1. The van der Waals surface area contributed by atoms with E-state index in [0.717, 1.165) is 16.8 Å². The monoisotopic (exact) mass is 374 g/mol. The molecular weight excluding hydrogens is 356 g/mol. The van der Waals surface area contributed by atoms with Gasteiger partial charge in [0, 0.05) is 11.4 Å². The molecule has 0 unspecified atom stereocenters. The first-order chi connectivity index (χ1) is 13.0. The zero-order valence-corrected chi connectivity index (χ0v) is 15.9. The third-order valence-electron chi connectivity index (χ3n) is 4.44. The van der Waals surface area contributed by atoms with Gasteiger partial charge in [0.25, 0.3) is 11.8 Å². The number of hydrogen-bond donors (Lipinski definition) is 0. The maximum absolute atomic E-state index is 13.1. The number of hydrogen-bond acceptors (Lipinski definition) is 4. The van der Waals surface area contributed by atoms with Crippen molar-refractivity contribution in [1.29, 1.82) is 0 Å². The van der Waals surface area contributed by atoms with Crippen LogP contribution in [0.1, 0.15) is 37.5 Å². The molecule has 0 saturated heterocycles. The van der Waals surface area contributed by atoms with Gasteiger partial charge in [0.05, 0.1) is 16.8 Å². The van der Waals surface area contributed by atoms with Crippen LogP contribution in [0, 0.1) is 13.8 Å². The van der Waals surface area contributed by atoms with Crippen LogP contribution in [0.4, 0.5) is 5.69 Å². The Bertz CT molecular complexity index is 1050. The van der Waals surface area contributed by atoms with Crippen molar-refractivity contribution in [3.05, 3.63) is 88.6 Å². The van der Waals surface area contributed by atoms with Gasteiger partial charge in [-0.15, -0.1) is 11.8 Å². The first-order valence-electron chi connectivity index (χ1n) is 8.68. The molecule has 0 bridgehead atoms. The van der Waals surface area contributed by atoms with Gasteiger partial charge in [-0.1, -0.05) is 42.5 Å². The molecule has 0 saturated carbocycles. The number of aryl methyl sites for hydroxylation is 2. The molecule has 0 spiro atoms. The maximum atomic E-state index is 13.1. The Morgan fingerprint density at radius 1 is 0.926 bits per heavy atom. The molecule has 4 nitrogen and oxygen atoms in total. The van der Waals surface area contributed by atoms with Crippen LogP contribution in [-0.2, 0) is 5.75 Å². The van der Waals surface area contributed by atoms with Crippen LogP contribution in [0.25, 0.3) is 0 Å². The number of carbonyl (C=O) groups excluding carboxylic acids is 2. The van der Waals surface area contributed by atoms with Crippen LogP contribution in [0.5, 0.6) is 0 Å². The third-order valence-corrected chi connectivity index (χ3v) is 5.49. The van der Waals surface area contributed by atoms with Gasteiger partial charge >= 0.3 is 0 Å². The molecule has 2 heterocycles. The molecule has 0 atom stereocenters. The summed E-state index contributed by atoms with van der Waals surface area (Å²) in [7, 11) is 0. The number of imide groups is 1. The van der Waals surface area contributed by atoms with E-state index in [9.17, 15) is 9.59 Å². The summed E-state index contributed by atoms with van der Waals surface area (Å²) in [4.78, 5) is 31.9. The number of anilines is 1. The fourth-order valence-corrected chi connectivity index (χ4v) is 4.22. The Hall–Kier alpha value is -2.92. The number of nitrogens with zero attached hydrogens (tertiary/aromatic N) is 2. The van der Waals surface area contributed by atoms with E-state index in [4.69, 9.17) is 0 Å². The fourth-order valence-electron chi connectivity index (χ4n) is 3.18. The largest absolute Gasteiger partial charge is 0.268 e. The summed E-state index contributed by atoms with van der Waals surface area (Å²) in [5.41, 5.74) is 4.32. The average Bonchev–Trinajstić information content (AvgIpc) is 2.91. The quantitative estimate of drug-likeness (QED) is 0.487. The average molecular weight is 374 g/mol. The lowest BCUT2D eigenvalue weighted by Gasteiger charge is -2.14. The van der Waals surface area contributed by atoms with Crippen LogP contribution in [-0.4, -0.2) is 16.8 Å². The molecule has 2 aromatic carbocycles. The van der Waals surface area contributed by atoms with Crippen molar-refractivity contribution < 1.29 is 9.59 Å². The van der Waals surface area contributed by atoms with Crippen LogP contribution < -0.4 is 4.90 Å². The molecule has 0 fully saturated rings. The molecule has 1 aliphatic rings. The normalized spacial score (nSPS) is 13.2.